The molecule has 2 nitrogen and oxygen atoms in total. The topological polar surface area (TPSA) is 35.8 Å². The van der Waals surface area contributed by atoms with Gasteiger partial charge in [0.15, 0.2) is 0 Å². The summed E-state index contributed by atoms with van der Waals surface area (Å²) < 4.78 is 0. The first-order chi connectivity index (χ1) is 7.80. The van der Waals surface area contributed by atoms with E-state index < -0.39 is 0 Å². The van der Waals surface area contributed by atoms with Gasteiger partial charge in [0, 0.05) is 11.7 Å². The zero-order valence-electron chi connectivity index (χ0n) is 10.2. The summed E-state index contributed by atoms with van der Waals surface area (Å²) in [6.45, 7) is 4.41. The molecule has 16 heavy (non-hydrogen) atoms. The summed E-state index contributed by atoms with van der Waals surface area (Å²) in [4.78, 5) is 0. The number of hydrogen-bond donors (Lipinski definition) is 1. The molecule has 1 aromatic rings. The zero-order valence-corrected chi connectivity index (χ0v) is 10.2. The van der Waals surface area contributed by atoms with Crippen molar-refractivity contribution in [3.8, 4) is 6.07 Å². The number of unbranched alkanes of at least 4 members (excludes halogenated alkanes) is 1. The van der Waals surface area contributed by atoms with Gasteiger partial charge in [0.2, 0.25) is 0 Å². The lowest BCUT2D eigenvalue weighted by Crippen LogP contribution is -2.18. The molecule has 0 radical (unpaired) electrons. The van der Waals surface area contributed by atoms with Gasteiger partial charge in [0.05, 0.1) is 11.6 Å². The van der Waals surface area contributed by atoms with E-state index in [0.29, 0.717) is 6.04 Å². The summed E-state index contributed by atoms with van der Waals surface area (Å²) in [5.41, 5.74) is 1.78. The number of benzene rings is 1. The standard InChI is InChI=1S/C14H20N2/c1-3-5-8-13(4-2)16-14-9-6-7-12(10-14)11-15/h6-7,9-10,13,16H,3-5,8H2,1-2H3. The summed E-state index contributed by atoms with van der Waals surface area (Å²) in [6, 6.07) is 10.4. The lowest BCUT2D eigenvalue weighted by atomic mass is 10.1. The number of anilines is 1. The molecule has 1 rings (SSSR count). The second-order valence-electron chi connectivity index (χ2n) is 4.08. The molecule has 0 saturated carbocycles. The van der Waals surface area contributed by atoms with Crippen molar-refractivity contribution in [2.45, 2.75) is 45.6 Å². The fraction of sp³-hybridized carbons (Fsp3) is 0.500. The molecule has 0 bridgehead atoms. The minimum absolute atomic E-state index is 0.522. The molecule has 0 spiro atoms. The number of hydrogen-bond acceptors (Lipinski definition) is 2. The Bertz CT molecular complexity index is 352. The van der Waals surface area contributed by atoms with Crippen molar-refractivity contribution in [2.24, 2.45) is 0 Å². The predicted octanol–water partition coefficient (Wildman–Crippen LogP) is 3.94. The molecule has 0 heterocycles. The summed E-state index contributed by atoms with van der Waals surface area (Å²) in [5, 5.41) is 12.3. The summed E-state index contributed by atoms with van der Waals surface area (Å²) in [7, 11) is 0. The SMILES string of the molecule is CCCCC(CC)Nc1cccc(C#N)c1. The van der Waals surface area contributed by atoms with Gasteiger partial charge in [-0.2, -0.15) is 5.26 Å². The van der Waals surface area contributed by atoms with E-state index in [4.69, 9.17) is 5.26 Å². The first-order valence-corrected chi connectivity index (χ1v) is 6.06. The van der Waals surface area contributed by atoms with Crippen LogP contribution >= 0.6 is 0 Å². The molecule has 86 valence electrons. The molecule has 0 aliphatic heterocycles. The highest BCUT2D eigenvalue weighted by atomic mass is 14.9. The summed E-state index contributed by atoms with van der Waals surface area (Å²) in [6.07, 6.45) is 4.81. The smallest absolute Gasteiger partial charge is 0.0992 e. The Labute approximate surface area is 98.3 Å². The second-order valence-corrected chi connectivity index (χ2v) is 4.08. The molecule has 0 fully saturated rings. The van der Waals surface area contributed by atoms with Gasteiger partial charge < -0.3 is 5.32 Å². The quantitative estimate of drug-likeness (QED) is 0.781. The average Bonchev–Trinajstić information content (AvgIpc) is 2.34. The molecule has 0 saturated heterocycles. The number of rotatable bonds is 6. The summed E-state index contributed by atoms with van der Waals surface area (Å²) in [5.74, 6) is 0. The molecule has 0 aliphatic rings. The van der Waals surface area contributed by atoms with Crippen molar-refractivity contribution in [3.05, 3.63) is 29.8 Å². The van der Waals surface area contributed by atoms with Gasteiger partial charge >= 0.3 is 0 Å². The Balaban J connectivity index is 2.59. The maximum atomic E-state index is 8.82. The highest BCUT2D eigenvalue weighted by Gasteiger charge is 2.05. The number of nitrogens with one attached hydrogen (secondary N) is 1. The first kappa shape index (κ1) is 12.6. The van der Waals surface area contributed by atoms with Crippen LogP contribution in [0.1, 0.15) is 45.1 Å². The van der Waals surface area contributed by atoms with E-state index in [1.165, 1.54) is 19.3 Å². The maximum Gasteiger partial charge on any atom is 0.0992 e. The largest absolute Gasteiger partial charge is 0.382 e. The Morgan fingerprint density at radius 2 is 2.19 bits per heavy atom. The van der Waals surface area contributed by atoms with Crippen LogP contribution in [0.3, 0.4) is 0 Å². The number of nitriles is 1. The van der Waals surface area contributed by atoms with Crippen LogP contribution in [0.5, 0.6) is 0 Å². The molecule has 2 heteroatoms. The van der Waals surface area contributed by atoms with Crippen molar-refractivity contribution >= 4 is 5.69 Å². The van der Waals surface area contributed by atoms with Crippen molar-refractivity contribution in [1.29, 1.82) is 5.26 Å². The van der Waals surface area contributed by atoms with E-state index in [1.807, 2.05) is 24.3 Å². The van der Waals surface area contributed by atoms with Crippen molar-refractivity contribution < 1.29 is 0 Å². The van der Waals surface area contributed by atoms with Gasteiger partial charge in [-0.25, -0.2) is 0 Å². The van der Waals surface area contributed by atoms with Crippen LogP contribution < -0.4 is 5.32 Å². The molecule has 1 aromatic carbocycles. The highest BCUT2D eigenvalue weighted by Crippen LogP contribution is 2.15. The van der Waals surface area contributed by atoms with Gasteiger partial charge in [-0.05, 0) is 31.0 Å². The van der Waals surface area contributed by atoms with E-state index in [2.05, 4.69) is 25.2 Å². The van der Waals surface area contributed by atoms with Crippen LogP contribution in [0.4, 0.5) is 5.69 Å². The molecule has 1 N–H and O–H groups in total. The number of nitrogens with zero attached hydrogens (tertiary/aromatic N) is 1. The lowest BCUT2D eigenvalue weighted by Gasteiger charge is -2.18. The van der Waals surface area contributed by atoms with Gasteiger partial charge in [0.1, 0.15) is 0 Å². The Morgan fingerprint density at radius 1 is 1.38 bits per heavy atom. The van der Waals surface area contributed by atoms with Gasteiger partial charge in [-0.3, -0.25) is 0 Å². The third kappa shape index (κ3) is 3.94. The third-order valence-electron chi connectivity index (χ3n) is 2.76. The minimum atomic E-state index is 0.522. The minimum Gasteiger partial charge on any atom is -0.382 e. The predicted molar refractivity (Wildman–Crippen MR) is 68.4 cm³/mol. The Hall–Kier alpha value is -1.49. The van der Waals surface area contributed by atoms with Crippen molar-refractivity contribution in [2.75, 3.05) is 5.32 Å². The second kappa shape index (κ2) is 6.90. The van der Waals surface area contributed by atoms with Crippen LogP contribution in [-0.2, 0) is 0 Å². The Morgan fingerprint density at radius 3 is 2.81 bits per heavy atom. The van der Waals surface area contributed by atoms with Gasteiger partial charge in [0.25, 0.3) is 0 Å². The van der Waals surface area contributed by atoms with E-state index in [0.717, 1.165) is 17.7 Å². The molecular formula is C14H20N2. The van der Waals surface area contributed by atoms with Crippen LogP contribution in [-0.4, -0.2) is 6.04 Å². The third-order valence-corrected chi connectivity index (χ3v) is 2.76. The fourth-order valence-electron chi connectivity index (χ4n) is 1.74. The molecule has 0 aliphatic carbocycles. The normalized spacial score (nSPS) is 11.8. The van der Waals surface area contributed by atoms with Crippen LogP contribution in [0.25, 0.3) is 0 Å². The molecule has 0 amide bonds. The monoisotopic (exact) mass is 216 g/mol. The van der Waals surface area contributed by atoms with E-state index >= 15 is 0 Å². The van der Waals surface area contributed by atoms with E-state index in [-0.39, 0.29) is 0 Å². The fourth-order valence-corrected chi connectivity index (χ4v) is 1.74. The van der Waals surface area contributed by atoms with Crippen molar-refractivity contribution in [1.82, 2.24) is 0 Å². The summed E-state index contributed by atoms with van der Waals surface area (Å²) >= 11 is 0. The van der Waals surface area contributed by atoms with Gasteiger partial charge in [-0.15, -0.1) is 0 Å². The highest BCUT2D eigenvalue weighted by molar-refractivity contribution is 5.49. The molecule has 1 atom stereocenters. The average molecular weight is 216 g/mol. The zero-order chi connectivity index (χ0) is 11.8. The first-order valence-electron chi connectivity index (χ1n) is 6.06. The molecule has 1 unspecified atom stereocenters. The van der Waals surface area contributed by atoms with Crippen LogP contribution in [0.2, 0.25) is 0 Å². The molecule has 0 aromatic heterocycles. The van der Waals surface area contributed by atoms with Gasteiger partial charge in [-0.1, -0.05) is 32.8 Å². The Kier molecular flexibility index (Phi) is 5.42. The van der Waals surface area contributed by atoms with E-state index in [1.54, 1.807) is 0 Å². The van der Waals surface area contributed by atoms with E-state index in [9.17, 15) is 0 Å². The maximum absolute atomic E-state index is 8.82. The molecular weight excluding hydrogens is 196 g/mol. The van der Waals surface area contributed by atoms with Crippen LogP contribution in [0.15, 0.2) is 24.3 Å². The van der Waals surface area contributed by atoms with Crippen LogP contribution in [0, 0.1) is 11.3 Å². The lowest BCUT2D eigenvalue weighted by molar-refractivity contribution is 0.593. The van der Waals surface area contributed by atoms with Crippen molar-refractivity contribution in [3.63, 3.8) is 0 Å².